The van der Waals surface area contributed by atoms with Crippen molar-refractivity contribution in [3.8, 4) is 5.75 Å². The lowest BCUT2D eigenvalue weighted by Gasteiger charge is -2.19. The summed E-state index contributed by atoms with van der Waals surface area (Å²) in [5.74, 6) is -0.489. The zero-order valence-electron chi connectivity index (χ0n) is 9.92. The average molecular weight is 341 g/mol. The van der Waals surface area contributed by atoms with Crippen LogP contribution in [0.25, 0.3) is 0 Å². The number of ether oxygens (including phenoxy) is 1. The fourth-order valence-corrected chi connectivity index (χ4v) is 1.93. The fourth-order valence-electron chi connectivity index (χ4n) is 1.45. The lowest BCUT2D eigenvalue weighted by atomic mass is 10.1. The maximum atomic E-state index is 12.2. The van der Waals surface area contributed by atoms with Crippen LogP contribution >= 0.6 is 15.9 Å². The van der Waals surface area contributed by atoms with Crippen LogP contribution < -0.4 is 15.8 Å². The molecule has 0 aromatic heterocycles. The van der Waals surface area contributed by atoms with Crippen molar-refractivity contribution in [3.63, 3.8) is 0 Å². The summed E-state index contributed by atoms with van der Waals surface area (Å²) in [4.78, 5) is 11.3. The normalized spacial score (nSPS) is 13.1. The molecule has 1 unspecified atom stereocenters. The smallest absolute Gasteiger partial charge is 0.401 e. The van der Waals surface area contributed by atoms with Crippen LogP contribution in [0.1, 0.15) is 11.6 Å². The van der Waals surface area contributed by atoms with Crippen LogP contribution in [0.2, 0.25) is 0 Å². The molecule has 1 amide bonds. The van der Waals surface area contributed by atoms with Crippen molar-refractivity contribution in [1.29, 1.82) is 0 Å². The third-order valence-corrected chi connectivity index (χ3v) is 3.03. The molecule has 0 heterocycles. The van der Waals surface area contributed by atoms with Crippen molar-refractivity contribution < 1.29 is 22.7 Å². The van der Waals surface area contributed by atoms with E-state index in [2.05, 4.69) is 21.2 Å². The van der Waals surface area contributed by atoms with Gasteiger partial charge in [0.2, 0.25) is 5.91 Å². The number of rotatable bonds is 5. The second-order valence-corrected chi connectivity index (χ2v) is 4.57. The van der Waals surface area contributed by atoms with Crippen LogP contribution in [-0.4, -0.2) is 25.7 Å². The molecule has 1 aromatic carbocycles. The molecule has 0 saturated heterocycles. The molecule has 0 radical (unpaired) electrons. The van der Waals surface area contributed by atoms with Crippen molar-refractivity contribution >= 4 is 21.8 Å². The summed E-state index contributed by atoms with van der Waals surface area (Å²) in [6.07, 6.45) is -4.43. The summed E-state index contributed by atoms with van der Waals surface area (Å²) in [6, 6.07) is 3.36. The first-order valence-corrected chi connectivity index (χ1v) is 5.97. The average Bonchev–Trinajstić information content (AvgIpc) is 2.29. The van der Waals surface area contributed by atoms with Gasteiger partial charge < -0.3 is 10.5 Å². The number of alkyl halides is 3. The largest absolute Gasteiger partial charge is 0.497 e. The van der Waals surface area contributed by atoms with Crippen molar-refractivity contribution in [1.82, 2.24) is 5.32 Å². The highest BCUT2D eigenvalue weighted by Crippen LogP contribution is 2.28. The van der Waals surface area contributed by atoms with Crippen LogP contribution in [0, 0.1) is 0 Å². The second kappa shape index (κ2) is 6.25. The van der Waals surface area contributed by atoms with Crippen LogP contribution in [0.5, 0.6) is 5.75 Å². The highest BCUT2D eigenvalue weighted by molar-refractivity contribution is 9.10. The number of benzene rings is 1. The number of carbonyl (C=O) groups is 1. The minimum Gasteiger partial charge on any atom is -0.497 e. The SMILES string of the molecule is COc1ccc(Br)c(C(NCC(F)(F)F)C(N)=O)c1. The van der Waals surface area contributed by atoms with Gasteiger partial charge in [0.25, 0.3) is 0 Å². The summed E-state index contributed by atoms with van der Waals surface area (Å²) in [7, 11) is 1.41. The number of primary amides is 1. The number of carbonyl (C=O) groups excluding carboxylic acids is 1. The standard InChI is InChI=1S/C11H12BrF3N2O2/c1-19-6-2-3-8(12)7(4-6)9(10(16)18)17-5-11(13,14)15/h2-4,9,17H,5H2,1H3,(H2,16,18). The van der Waals surface area contributed by atoms with Gasteiger partial charge in [0.05, 0.1) is 13.7 Å². The predicted octanol–water partition coefficient (Wildman–Crippen LogP) is 2.14. The van der Waals surface area contributed by atoms with Crippen LogP contribution in [0.15, 0.2) is 22.7 Å². The number of amides is 1. The van der Waals surface area contributed by atoms with E-state index in [9.17, 15) is 18.0 Å². The van der Waals surface area contributed by atoms with Crippen LogP contribution in [-0.2, 0) is 4.79 Å². The topological polar surface area (TPSA) is 64.3 Å². The van der Waals surface area contributed by atoms with E-state index in [0.717, 1.165) is 0 Å². The Morgan fingerprint density at radius 1 is 1.53 bits per heavy atom. The van der Waals surface area contributed by atoms with E-state index in [1.165, 1.54) is 13.2 Å². The molecule has 0 aliphatic rings. The van der Waals surface area contributed by atoms with Gasteiger partial charge in [-0.2, -0.15) is 13.2 Å². The number of hydrogen-bond donors (Lipinski definition) is 2. The van der Waals surface area contributed by atoms with E-state index < -0.39 is 24.7 Å². The lowest BCUT2D eigenvalue weighted by molar-refractivity contribution is -0.130. The van der Waals surface area contributed by atoms with E-state index in [1.807, 2.05) is 0 Å². The van der Waals surface area contributed by atoms with Gasteiger partial charge in [-0.3, -0.25) is 10.1 Å². The molecule has 3 N–H and O–H groups in total. The van der Waals surface area contributed by atoms with Gasteiger partial charge in [-0.05, 0) is 23.8 Å². The van der Waals surface area contributed by atoms with E-state index >= 15 is 0 Å². The summed E-state index contributed by atoms with van der Waals surface area (Å²) in [5, 5.41) is 2.08. The Hall–Kier alpha value is -1.28. The first-order valence-electron chi connectivity index (χ1n) is 5.17. The van der Waals surface area contributed by atoms with Crippen LogP contribution in [0.3, 0.4) is 0 Å². The molecule has 1 atom stereocenters. The Kier molecular flexibility index (Phi) is 5.19. The Morgan fingerprint density at radius 2 is 2.16 bits per heavy atom. The maximum absolute atomic E-state index is 12.2. The van der Waals surface area contributed by atoms with Crippen molar-refractivity contribution in [2.24, 2.45) is 5.73 Å². The Morgan fingerprint density at radius 3 is 2.63 bits per heavy atom. The van der Waals surface area contributed by atoms with Gasteiger partial charge >= 0.3 is 6.18 Å². The molecule has 0 saturated carbocycles. The van der Waals surface area contributed by atoms with E-state index in [4.69, 9.17) is 10.5 Å². The minimum atomic E-state index is -4.43. The molecule has 0 aliphatic carbocycles. The molecule has 1 aromatic rings. The number of methoxy groups -OCH3 is 1. The Labute approximate surface area is 116 Å². The van der Waals surface area contributed by atoms with E-state index in [1.54, 1.807) is 12.1 Å². The van der Waals surface area contributed by atoms with Crippen LogP contribution in [0.4, 0.5) is 13.2 Å². The molecule has 0 bridgehead atoms. The molecule has 8 heteroatoms. The molecular weight excluding hydrogens is 329 g/mol. The zero-order chi connectivity index (χ0) is 14.6. The number of hydrogen-bond acceptors (Lipinski definition) is 3. The molecule has 19 heavy (non-hydrogen) atoms. The zero-order valence-corrected chi connectivity index (χ0v) is 11.5. The van der Waals surface area contributed by atoms with Crippen molar-refractivity contribution in [2.45, 2.75) is 12.2 Å². The Balaban J connectivity index is 3.02. The molecule has 0 aliphatic heterocycles. The predicted molar refractivity (Wildman–Crippen MR) is 66.7 cm³/mol. The van der Waals surface area contributed by atoms with Gasteiger partial charge in [-0.25, -0.2) is 0 Å². The lowest BCUT2D eigenvalue weighted by Crippen LogP contribution is -2.39. The molecule has 0 fully saturated rings. The third-order valence-electron chi connectivity index (χ3n) is 2.31. The number of nitrogens with two attached hydrogens (primary N) is 1. The fraction of sp³-hybridized carbons (Fsp3) is 0.364. The summed E-state index contributed by atoms with van der Waals surface area (Å²) in [6.45, 7) is -1.32. The molecule has 0 spiro atoms. The summed E-state index contributed by atoms with van der Waals surface area (Å²) >= 11 is 3.16. The highest BCUT2D eigenvalue weighted by Gasteiger charge is 2.30. The first kappa shape index (κ1) is 15.8. The highest BCUT2D eigenvalue weighted by atomic mass is 79.9. The quantitative estimate of drug-likeness (QED) is 0.863. The summed E-state index contributed by atoms with van der Waals surface area (Å²) in [5.41, 5.74) is 5.42. The second-order valence-electron chi connectivity index (χ2n) is 3.72. The minimum absolute atomic E-state index is 0.288. The third kappa shape index (κ3) is 4.71. The van der Waals surface area contributed by atoms with E-state index in [0.29, 0.717) is 10.2 Å². The molecule has 4 nitrogen and oxygen atoms in total. The van der Waals surface area contributed by atoms with Gasteiger partial charge in [0, 0.05) is 4.47 Å². The molecular formula is C11H12BrF3N2O2. The Bertz CT molecular complexity index is 466. The molecule has 1 rings (SSSR count). The van der Waals surface area contributed by atoms with Gasteiger partial charge in [-0.1, -0.05) is 15.9 Å². The molecule has 106 valence electrons. The summed E-state index contributed by atoms with van der Waals surface area (Å²) < 4.78 is 42.0. The number of halogens is 4. The van der Waals surface area contributed by atoms with Gasteiger partial charge in [0.1, 0.15) is 11.8 Å². The first-order chi connectivity index (χ1) is 8.74. The van der Waals surface area contributed by atoms with Gasteiger partial charge in [-0.15, -0.1) is 0 Å². The van der Waals surface area contributed by atoms with Gasteiger partial charge in [0.15, 0.2) is 0 Å². The van der Waals surface area contributed by atoms with Crippen molar-refractivity contribution in [3.05, 3.63) is 28.2 Å². The maximum Gasteiger partial charge on any atom is 0.401 e. The monoisotopic (exact) mass is 340 g/mol. The van der Waals surface area contributed by atoms with E-state index in [-0.39, 0.29) is 5.56 Å². The number of nitrogens with one attached hydrogen (secondary N) is 1. The van der Waals surface area contributed by atoms with Crippen molar-refractivity contribution in [2.75, 3.05) is 13.7 Å².